The van der Waals surface area contributed by atoms with Gasteiger partial charge in [-0.2, -0.15) is 0 Å². The Bertz CT molecular complexity index is 538. The van der Waals surface area contributed by atoms with Crippen molar-refractivity contribution in [2.75, 3.05) is 13.6 Å². The molecule has 1 aromatic carbocycles. The molecule has 0 bridgehead atoms. The van der Waals surface area contributed by atoms with Gasteiger partial charge in [0.2, 0.25) is 10.0 Å². The number of carbonyl (C=O) groups is 1. The molecule has 17 heavy (non-hydrogen) atoms. The quantitative estimate of drug-likeness (QED) is 0.831. The van der Waals surface area contributed by atoms with Crippen LogP contribution >= 0.6 is 0 Å². The van der Waals surface area contributed by atoms with Gasteiger partial charge in [-0.05, 0) is 18.2 Å². The molecule has 0 radical (unpaired) electrons. The topological polar surface area (TPSA) is 94.9 Å². The summed E-state index contributed by atoms with van der Waals surface area (Å²) in [7, 11) is -2.31. The van der Waals surface area contributed by atoms with Crippen molar-refractivity contribution in [1.29, 1.82) is 0 Å². The van der Waals surface area contributed by atoms with E-state index >= 15 is 0 Å². The van der Waals surface area contributed by atoms with Crippen LogP contribution in [0.5, 0.6) is 5.75 Å². The van der Waals surface area contributed by atoms with E-state index in [0.717, 1.165) is 16.4 Å². The van der Waals surface area contributed by atoms with Crippen molar-refractivity contribution in [2.45, 2.75) is 11.8 Å². The van der Waals surface area contributed by atoms with Gasteiger partial charge in [-0.3, -0.25) is 0 Å². The fraction of sp³-hybridized carbons (Fsp3) is 0.300. The molecule has 0 aliphatic carbocycles. The van der Waals surface area contributed by atoms with E-state index in [0.29, 0.717) is 0 Å². The first-order valence-electron chi connectivity index (χ1n) is 4.83. The number of carboxylic acid groups (broad SMARTS) is 1. The van der Waals surface area contributed by atoms with E-state index in [4.69, 9.17) is 5.11 Å². The third kappa shape index (κ3) is 2.56. The summed E-state index contributed by atoms with van der Waals surface area (Å²) < 4.78 is 24.9. The predicted molar refractivity (Wildman–Crippen MR) is 60.6 cm³/mol. The average molecular weight is 259 g/mol. The Morgan fingerprint density at radius 2 is 2.00 bits per heavy atom. The van der Waals surface area contributed by atoms with E-state index in [1.807, 2.05) is 0 Å². The lowest BCUT2D eigenvalue weighted by atomic mass is 10.2. The monoisotopic (exact) mass is 259 g/mol. The third-order valence-electron chi connectivity index (χ3n) is 2.35. The van der Waals surface area contributed by atoms with Crippen LogP contribution in [-0.4, -0.2) is 42.5 Å². The first-order valence-corrected chi connectivity index (χ1v) is 6.27. The molecule has 1 rings (SSSR count). The summed E-state index contributed by atoms with van der Waals surface area (Å²) >= 11 is 0. The van der Waals surface area contributed by atoms with Crippen LogP contribution in [0.4, 0.5) is 0 Å². The number of phenols is 1. The maximum Gasteiger partial charge on any atom is 0.339 e. The highest BCUT2D eigenvalue weighted by Crippen LogP contribution is 2.23. The molecular weight excluding hydrogens is 246 g/mol. The molecule has 0 aromatic heterocycles. The Labute approximate surface area is 99.2 Å². The summed E-state index contributed by atoms with van der Waals surface area (Å²) in [4.78, 5) is 10.6. The Morgan fingerprint density at radius 1 is 1.41 bits per heavy atom. The standard InChI is InChI=1S/C10H13NO5S/c1-3-11(2)17(15,16)7-4-5-9(12)8(6-7)10(13)14/h4-6,12H,3H2,1-2H3,(H,13,14). The molecule has 94 valence electrons. The van der Waals surface area contributed by atoms with Gasteiger partial charge in [0, 0.05) is 13.6 Å². The maximum atomic E-state index is 11.9. The molecule has 0 spiro atoms. The van der Waals surface area contributed by atoms with Gasteiger partial charge in [0.1, 0.15) is 11.3 Å². The molecule has 0 saturated heterocycles. The number of hydrogen-bond acceptors (Lipinski definition) is 4. The van der Waals surface area contributed by atoms with E-state index in [9.17, 15) is 18.3 Å². The summed E-state index contributed by atoms with van der Waals surface area (Å²) in [6.45, 7) is 1.93. The van der Waals surface area contributed by atoms with Crippen LogP contribution in [0, 0.1) is 0 Å². The fourth-order valence-corrected chi connectivity index (χ4v) is 2.40. The van der Waals surface area contributed by atoms with Crippen LogP contribution < -0.4 is 0 Å². The third-order valence-corrected chi connectivity index (χ3v) is 4.28. The van der Waals surface area contributed by atoms with Gasteiger partial charge in [0.15, 0.2) is 0 Å². The average Bonchev–Trinajstić information content (AvgIpc) is 2.27. The summed E-state index contributed by atoms with van der Waals surface area (Å²) in [5.41, 5.74) is -0.435. The Balaban J connectivity index is 3.35. The maximum absolute atomic E-state index is 11.9. The van der Waals surface area contributed by atoms with E-state index in [-0.39, 0.29) is 11.4 Å². The molecule has 0 unspecified atom stereocenters. The van der Waals surface area contributed by atoms with Crippen molar-refractivity contribution in [3.8, 4) is 5.75 Å². The van der Waals surface area contributed by atoms with Crippen molar-refractivity contribution in [1.82, 2.24) is 4.31 Å². The number of rotatable bonds is 4. The number of benzene rings is 1. The number of aromatic carboxylic acids is 1. The Hall–Kier alpha value is -1.60. The van der Waals surface area contributed by atoms with Gasteiger partial charge in [-0.15, -0.1) is 0 Å². The van der Waals surface area contributed by atoms with Crippen molar-refractivity contribution in [2.24, 2.45) is 0 Å². The molecule has 1 aromatic rings. The zero-order valence-corrected chi connectivity index (χ0v) is 10.2. The first kappa shape index (κ1) is 13.5. The molecule has 0 amide bonds. The minimum Gasteiger partial charge on any atom is -0.507 e. The summed E-state index contributed by atoms with van der Waals surface area (Å²) in [5.74, 6) is -1.84. The second-order valence-corrected chi connectivity index (χ2v) is 5.45. The lowest BCUT2D eigenvalue weighted by molar-refractivity contribution is 0.0693. The Kier molecular flexibility index (Phi) is 3.74. The molecule has 0 aliphatic heterocycles. The number of aromatic hydroxyl groups is 1. The van der Waals surface area contributed by atoms with Crippen LogP contribution in [0.15, 0.2) is 23.1 Å². The van der Waals surface area contributed by atoms with Gasteiger partial charge in [-0.1, -0.05) is 6.92 Å². The minimum absolute atomic E-state index is 0.156. The molecule has 2 N–H and O–H groups in total. The van der Waals surface area contributed by atoms with Crippen molar-refractivity contribution in [3.63, 3.8) is 0 Å². The Morgan fingerprint density at radius 3 is 2.47 bits per heavy atom. The normalized spacial score (nSPS) is 11.7. The highest BCUT2D eigenvalue weighted by molar-refractivity contribution is 7.89. The highest BCUT2D eigenvalue weighted by atomic mass is 32.2. The van der Waals surface area contributed by atoms with Crippen molar-refractivity contribution in [3.05, 3.63) is 23.8 Å². The SMILES string of the molecule is CCN(C)S(=O)(=O)c1ccc(O)c(C(=O)O)c1. The van der Waals surface area contributed by atoms with Gasteiger partial charge >= 0.3 is 5.97 Å². The number of carboxylic acids is 1. The van der Waals surface area contributed by atoms with Crippen LogP contribution in [0.3, 0.4) is 0 Å². The van der Waals surface area contributed by atoms with Crippen LogP contribution in [0.2, 0.25) is 0 Å². The van der Waals surface area contributed by atoms with Crippen LogP contribution in [0.1, 0.15) is 17.3 Å². The lowest BCUT2D eigenvalue weighted by Gasteiger charge is -2.15. The van der Waals surface area contributed by atoms with Crippen LogP contribution in [0.25, 0.3) is 0 Å². The lowest BCUT2D eigenvalue weighted by Crippen LogP contribution is -2.26. The van der Waals surface area contributed by atoms with Crippen molar-refractivity contribution < 1.29 is 23.4 Å². The molecule has 0 atom stereocenters. The number of sulfonamides is 1. The fourth-order valence-electron chi connectivity index (χ4n) is 1.20. The molecule has 7 heteroatoms. The van der Waals surface area contributed by atoms with E-state index in [1.54, 1.807) is 6.92 Å². The smallest absolute Gasteiger partial charge is 0.339 e. The summed E-state index contributed by atoms with van der Waals surface area (Å²) in [6, 6.07) is 3.17. The summed E-state index contributed by atoms with van der Waals surface area (Å²) in [5, 5.41) is 18.1. The van der Waals surface area contributed by atoms with Gasteiger partial charge in [0.05, 0.1) is 4.90 Å². The molecule has 0 saturated carbocycles. The van der Waals surface area contributed by atoms with E-state index < -0.39 is 27.3 Å². The predicted octanol–water partition coefficient (Wildman–Crippen LogP) is 0.731. The zero-order chi connectivity index (χ0) is 13.2. The zero-order valence-electron chi connectivity index (χ0n) is 9.41. The van der Waals surface area contributed by atoms with Gasteiger partial charge in [-0.25, -0.2) is 17.5 Å². The first-order chi connectivity index (χ1) is 7.80. The van der Waals surface area contributed by atoms with Gasteiger partial charge < -0.3 is 10.2 Å². The second-order valence-electron chi connectivity index (χ2n) is 3.40. The number of hydrogen-bond donors (Lipinski definition) is 2. The molecule has 0 heterocycles. The largest absolute Gasteiger partial charge is 0.507 e. The van der Waals surface area contributed by atoms with Crippen LogP contribution in [-0.2, 0) is 10.0 Å². The minimum atomic E-state index is -3.70. The molecule has 0 fully saturated rings. The summed E-state index contributed by atoms with van der Waals surface area (Å²) in [6.07, 6.45) is 0. The molecular formula is C10H13NO5S. The van der Waals surface area contributed by atoms with Gasteiger partial charge in [0.25, 0.3) is 0 Å². The second kappa shape index (κ2) is 4.72. The molecule has 0 aliphatic rings. The molecule has 6 nitrogen and oxygen atoms in total. The highest BCUT2D eigenvalue weighted by Gasteiger charge is 2.22. The van der Waals surface area contributed by atoms with E-state index in [1.165, 1.54) is 13.1 Å². The number of nitrogens with zero attached hydrogens (tertiary/aromatic N) is 1. The van der Waals surface area contributed by atoms with E-state index in [2.05, 4.69) is 0 Å². The van der Waals surface area contributed by atoms with Crippen molar-refractivity contribution >= 4 is 16.0 Å².